The molecule has 0 atom stereocenters. The van der Waals surface area contributed by atoms with Gasteiger partial charge in [-0.1, -0.05) is 30.1 Å². The quantitative estimate of drug-likeness (QED) is 0.643. The predicted octanol–water partition coefficient (Wildman–Crippen LogP) is 4.18. The molecule has 2 aromatic rings. The van der Waals surface area contributed by atoms with Crippen molar-refractivity contribution in [1.82, 2.24) is 9.78 Å². The number of halogens is 3. The zero-order valence-electron chi connectivity index (χ0n) is 10.7. The summed E-state index contributed by atoms with van der Waals surface area (Å²) in [5.41, 5.74) is 6.80. The maximum atomic E-state index is 12.6. The molecular formula is C13H12BrCl2N3O. The molecule has 0 fully saturated rings. The average Bonchev–Trinajstić information content (AvgIpc) is 2.76. The summed E-state index contributed by atoms with van der Waals surface area (Å²) in [5, 5.41) is 4.70. The van der Waals surface area contributed by atoms with Crippen molar-refractivity contribution in [3.05, 3.63) is 44.1 Å². The second kappa shape index (κ2) is 6.16. The number of nitrogens with two attached hydrogens (primary N) is 1. The monoisotopic (exact) mass is 375 g/mol. The molecule has 106 valence electrons. The van der Waals surface area contributed by atoms with Crippen LogP contribution >= 0.6 is 39.1 Å². The third-order valence-electron chi connectivity index (χ3n) is 2.79. The maximum Gasteiger partial charge on any atom is 0.212 e. The fourth-order valence-corrected chi connectivity index (χ4v) is 2.79. The van der Waals surface area contributed by atoms with Crippen LogP contribution in [-0.4, -0.2) is 15.6 Å². The van der Waals surface area contributed by atoms with E-state index in [1.165, 1.54) is 12.1 Å². The van der Waals surface area contributed by atoms with Crippen molar-refractivity contribution in [3.63, 3.8) is 0 Å². The fourth-order valence-electron chi connectivity index (χ4n) is 1.82. The maximum absolute atomic E-state index is 12.6. The molecule has 1 aromatic heterocycles. The van der Waals surface area contributed by atoms with Crippen LogP contribution in [0.2, 0.25) is 10.0 Å². The van der Waals surface area contributed by atoms with Gasteiger partial charge in [-0.25, -0.2) is 0 Å². The SMILES string of the molecule is CCCn1ncc(Br)c1C(=O)c1cc(Cl)c(N)c(Cl)c1. The van der Waals surface area contributed by atoms with Crippen molar-refractivity contribution in [3.8, 4) is 0 Å². The van der Waals surface area contributed by atoms with Gasteiger partial charge >= 0.3 is 0 Å². The van der Waals surface area contributed by atoms with Crippen molar-refractivity contribution in [2.24, 2.45) is 0 Å². The van der Waals surface area contributed by atoms with E-state index in [1.807, 2.05) is 6.92 Å². The van der Waals surface area contributed by atoms with Crippen LogP contribution in [0.4, 0.5) is 5.69 Å². The van der Waals surface area contributed by atoms with Crippen molar-refractivity contribution < 1.29 is 4.79 Å². The van der Waals surface area contributed by atoms with Crippen LogP contribution in [0.15, 0.2) is 22.8 Å². The molecule has 2 rings (SSSR count). The number of nitrogen functional groups attached to an aromatic ring is 1. The fraction of sp³-hybridized carbons (Fsp3) is 0.231. The molecule has 0 amide bonds. The first-order valence-electron chi connectivity index (χ1n) is 5.96. The van der Waals surface area contributed by atoms with Gasteiger partial charge in [0.1, 0.15) is 5.69 Å². The number of aryl methyl sites for hydroxylation is 1. The van der Waals surface area contributed by atoms with E-state index in [0.717, 1.165) is 6.42 Å². The minimum absolute atomic E-state index is 0.202. The van der Waals surface area contributed by atoms with E-state index in [9.17, 15) is 4.79 Å². The smallest absolute Gasteiger partial charge is 0.212 e. The van der Waals surface area contributed by atoms with Crippen LogP contribution < -0.4 is 5.73 Å². The Morgan fingerprint density at radius 2 is 2.00 bits per heavy atom. The Morgan fingerprint density at radius 3 is 2.55 bits per heavy atom. The Morgan fingerprint density at radius 1 is 1.40 bits per heavy atom. The number of aromatic nitrogens is 2. The van der Waals surface area contributed by atoms with Gasteiger partial charge < -0.3 is 5.73 Å². The van der Waals surface area contributed by atoms with Gasteiger partial charge in [-0.3, -0.25) is 9.48 Å². The Bertz CT molecular complexity index is 647. The van der Waals surface area contributed by atoms with Crippen LogP contribution in [0, 0.1) is 0 Å². The lowest BCUT2D eigenvalue weighted by Crippen LogP contribution is -2.12. The van der Waals surface area contributed by atoms with Gasteiger partial charge in [-0.15, -0.1) is 0 Å². The number of anilines is 1. The molecule has 0 saturated carbocycles. The van der Waals surface area contributed by atoms with Crippen LogP contribution in [-0.2, 0) is 6.54 Å². The summed E-state index contributed by atoms with van der Waals surface area (Å²) in [5.74, 6) is -0.202. The van der Waals surface area contributed by atoms with Crippen molar-refractivity contribution >= 4 is 50.6 Å². The summed E-state index contributed by atoms with van der Waals surface area (Å²) >= 11 is 15.3. The van der Waals surface area contributed by atoms with Gasteiger partial charge in [0.2, 0.25) is 5.78 Å². The van der Waals surface area contributed by atoms with E-state index >= 15 is 0 Å². The first kappa shape index (κ1) is 15.4. The molecule has 7 heteroatoms. The van der Waals surface area contributed by atoms with E-state index in [4.69, 9.17) is 28.9 Å². The zero-order chi connectivity index (χ0) is 14.9. The van der Waals surface area contributed by atoms with E-state index in [-0.39, 0.29) is 21.5 Å². The minimum Gasteiger partial charge on any atom is -0.396 e. The van der Waals surface area contributed by atoms with Gasteiger partial charge in [0.25, 0.3) is 0 Å². The molecule has 0 spiro atoms. The van der Waals surface area contributed by atoms with Gasteiger partial charge in [-0.05, 0) is 34.5 Å². The molecule has 0 aliphatic carbocycles. The van der Waals surface area contributed by atoms with E-state index in [2.05, 4.69) is 21.0 Å². The number of benzene rings is 1. The highest BCUT2D eigenvalue weighted by Crippen LogP contribution is 2.30. The molecular weight excluding hydrogens is 365 g/mol. The van der Waals surface area contributed by atoms with Gasteiger partial charge in [0.15, 0.2) is 0 Å². The van der Waals surface area contributed by atoms with Crippen LogP contribution in [0.25, 0.3) is 0 Å². The summed E-state index contributed by atoms with van der Waals surface area (Å²) in [6.07, 6.45) is 2.47. The number of hydrogen-bond acceptors (Lipinski definition) is 3. The van der Waals surface area contributed by atoms with Crippen LogP contribution in [0.5, 0.6) is 0 Å². The number of nitrogens with zero attached hydrogens (tertiary/aromatic N) is 2. The lowest BCUT2D eigenvalue weighted by atomic mass is 10.1. The highest BCUT2D eigenvalue weighted by Gasteiger charge is 2.20. The molecule has 0 bridgehead atoms. The Hall–Kier alpha value is -1.04. The standard InChI is InChI=1S/C13H12BrCl2N3O/c1-2-3-19-12(8(14)6-18-19)13(20)7-4-9(15)11(17)10(16)5-7/h4-6H,2-3,17H2,1H3. The highest BCUT2D eigenvalue weighted by atomic mass is 79.9. The minimum atomic E-state index is -0.202. The number of ketones is 1. The molecule has 1 heterocycles. The number of hydrogen-bond donors (Lipinski definition) is 1. The predicted molar refractivity (Wildman–Crippen MR) is 84.5 cm³/mol. The Kier molecular flexibility index (Phi) is 4.73. The van der Waals surface area contributed by atoms with Gasteiger partial charge in [0, 0.05) is 12.1 Å². The van der Waals surface area contributed by atoms with Crippen molar-refractivity contribution in [1.29, 1.82) is 0 Å². The molecule has 0 radical (unpaired) electrons. The number of rotatable bonds is 4. The second-order valence-corrected chi connectivity index (χ2v) is 5.92. The molecule has 0 aliphatic rings. The highest BCUT2D eigenvalue weighted by molar-refractivity contribution is 9.10. The third kappa shape index (κ3) is 2.85. The number of carbonyl (C=O) groups excluding carboxylic acids is 1. The largest absolute Gasteiger partial charge is 0.396 e. The molecule has 1 aromatic carbocycles. The third-order valence-corrected chi connectivity index (χ3v) is 3.99. The van der Waals surface area contributed by atoms with E-state index in [1.54, 1.807) is 10.9 Å². The lowest BCUT2D eigenvalue weighted by Gasteiger charge is -2.08. The molecule has 0 saturated heterocycles. The van der Waals surface area contributed by atoms with Crippen molar-refractivity contribution in [2.75, 3.05) is 5.73 Å². The first-order chi connectivity index (χ1) is 9.45. The Labute approximate surface area is 135 Å². The molecule has 2 N–H and O–H groups in total. The Balaban J connectivity index is 2.49. The van der Waals surface area contributed by atoms with Crippen LogP contribution in [0.1, 0.15) is 29.4 Å². The molecule has 0 aliphatic heterocycles. The second-order valence-electron chi connectivity index (χ2n) is 4.25. The summed E-state index contributed by atoms with van der Waals surface area (Å²) in [4.78, 5) is 12.6. The summed E-state index contributed by atoms with van der Waals surface area (Å²) in [7, 11) is 0. The lowest BCUT2D eigenvalue weighted by molar-refractivity contribution is 0.102. The summed E-state index contributed by atoms with van der Waals surface area (Å²) in [6, 6.07) is 3.03. The van der Waals surface area contributed by atoms with E-state index in [0.29, 0.717) is 22.3 Å². The molecule has 4 nitrogen and oxygen atoms in total. The molecule has 20 heavy (non-hydrogen) atoms. The van der Waals surface area contributed by atoms with Crippen LogP contribution in [0.3, 0.4) is 0 Å². The number of carbonyl (C=O) groups is 1. The normalized spacial score (nSPS) is 10.8. The average molecular weight is 377 g/mol. The first-order valence-corrected chi connectivity index (χ1v) is 7.51. The van der Waals surface area contributed by atoms with Crippen molar-refractivity contribution in [2.45, 2.75) is 19.9 Å². The molecule has 0 unspecified atom stereocenters. The summed E-state index contributed by atoms with van der Waals surface area (Å²) < 4.78 is 2.30. The van der Waals surface area contributed by atoms with Gasteiger partial charge in [-0.2, -0.15) is 5.10 Å². The zero-order valence-corrected chi connectivity index (χ0v) is 13.8. The topological polar surface area (TPSA) is 60.9 Å². The van der Waals surface area contributed by atoms with E-state index < -0.39 is 0 Å². The van der Waals surface area contributed by atoms with Gasteiger partial charge in [0.05, 0.1) is 26.4 Å². The summed E-state index contributed by atoms with van der Waals surface area (Å²) in [6.45, 7) is 2.67.